The van der Waals surface area contributed by atoms with Gasteiger partial charge in [0, 0.05) is 11.6 Å². The zero-order valence-electron chi connectivity index (χ0n) is 6.67. The van der Waals surface area contributed by atoms with Crippen molar-refractivity contribution in [1.82, 2.24) is 0 Å². The fraction of sp³-hybridized carbons (Fsp3) is 0.125. The largest absolute Gasteiger partial charge is 0.479 e. The average molecular weight is 223 g/mol. The van der Waals surface area contributed by atoms with Crippen LogP contribution < -0.4 is 0 Å². The fourth-order valence-corrected chi connectivity index (χ4v) is 1.12. The van der Waals surface area contributed by atoms with Crippen LogP contribution in [-0.2, 0) is 4.79 Å². The van der Waals surface area contributed by atoms with E-state index >= 15 is 0 Å². The van der Waals surface area contributed by atoms with Crippen molar-refractivity contribution in [2.75, 3.05) is 0 Å². The van der Waals surface area contributed by atoms with E-state index in [0.717, 1.165) is 0 Å². The van der Waals surface area contributed by atoms with Gasteiger partial charge in [-0.25, -0.2) is 13.6 Å². The molecule has 0 heterocycles. The third-order valence-electron chi connectivity index (χ3n) is 1.55. The van der Waals surface area contributed by atoms with E-state index in [1.54, 1.807) is 0 Å². The number of carboxylic acids is 1. The second-order valence-corrected chi connectivity index (χ2v) is 2.91. The summed E-state index contributed by atoms with van der Waals surface area (Å²) in [7, 11) is 0. The summed E-state index contributed by atoms with van der Waals surface area (Å²) in [5.41, 5.74) is -0.503. The van der Waals surface area contributed by atoms with Gasteiger partial charge >= 0.3 is 5.97 Å². The molecule has 3 nitrogen and oxygen atoms in total. The first-order chi connectivity index (χ1) is 6.43. The van der Waals surface area contributed by atoms with Gasteiger partial charge < -0.3 is 10.2 Å². The van der Waals surface area contributed by atoms with Crippen molar-refractivity contribution in [3.63, 3.8) is 0 Å². The molecule has 1 aromatic rings. The van der Waals surface area contributed by atoms with Gasteiger partial charge in [-0.05, 0) is 6.07 Å². The lowest BCUT2D eigenvalue weighted by Crippen LogP contribution is -2.11. The highest BCUT2D eigenvalue weighted by Gasteiger charge is 2.22. The van der Waals surface area contributed by atoms with Gasteiger partial charge in [-0.1, -0.05) is 11.6 Å². The molecule has 0 aliphatic carbocycles. The van der Waals surface area contributed by atoms with Gasteiger partial charge in [0.25, 0.3) is 0 Å². The van der Waals surface area contributed by atoms with Crippen molar-refractivity contribution in [2.24, 2.45) is 0 Å². The lowest BCUT2D eigenvalue weighted by molar-refractivity contribution is -0.146. The number of carbonyl (C=O) groups is 1. The van der Waals surface area contributed by atoms with E-state index in [1.165, 1.54) is 0 Å². The molecular weight excluding hydrogens is 218 g/mol. The molecule has 0 amide bonds. The molecule has 14 heavy (non-hydrogen) atoms. The second kappa shape index (κ2) is 3.89. The molecule has 1 aromatic carbocycles. The van der Waals surface area contributed by atoms with Crippen LogP contribution in [-0.4, -0.2) is 16.2 Å². The Hall–Kier alpha value is -1.20. The molecule has 0 radical (unpaired) electrons. The van der Waals surface area contributed by atoms with Crippen LogP contribution in [0.15, 0.2) is 12.1 Å². The van der Waals surface area contributed by atoms with Crippen LogP contribution in [0.3, 0.4) is 0 Å². The number of aliphatic carboxylic acids is 1. The second-order valence-electron chi connectivity index (χ2n) is 2.53. The fourth-order valence-electron chi connectivity index (χ4n) is 0.908. The maximum Gasteiger partial charge on any atom is 0.337 e. The first-order valence-corrected chi connectivity index (χ1v) is 3.86. The smallest absolute Gasteiger partial charge is 0.337 e. The number of rotatable bonds is 2. The Morgan fingerprint density at radius 3 is 2.50 bits per heavy atom. The minimum atomic E-state index is -2.03. The summed E-state index contributed by atoms with van der Waals surface area (Å²) in [4.78, 5) is 10.3. The molecule has 0 spiro atoms. The lowest BCUT2D eigenvalue weighted by Gasteiger charge is -2.08. The Labute approximate surface area is 82.5 Å². The maximum absolute atomic E-state index is 12.8. The molecule has 0 saturated heterocycles. The Morgan fingerprint density at radius 1 is 1.43 bits per heavy atom. The molecule has 1 rings (SSSR count). The van der Waals surface area contributed by atoms with Gasteiger partial charge in [-0.2, -0.15) is 0 Å². The summed E-state index contributed by atoms with van der Waals surface area (Å²) in [6.07, 6.45) is -2.03. The molecule has 0 aliphatic rings. The van der Waals surface area contributed by atoms with Crippen LogP contribution in [0, 0.1) is 11.6 Å². The van der Waals surface area contributed by atoms with E-state index < -0.39 is 34.3 Å². The Morgan fingerprint density at radius 2 is 2.00 bits per heavy atom. The predicted octanol–water partition coefficient (Wildman–Crippen LogP) is 1.74. The SMILES string of the molecule is O=C(O)C(O)c1cc(F)cc(F)c1Cl. The van der Waals surface area contributed by atoms with Gasteiger partial charge in [0.05, 0.1) is 5.02 Å². The van der Waals surface area contributed by atoms with Crippen molar-refractivity contribution in [3.05, 3.63) is 34.4 Å². The molecule has 1 unspecified atom stereocenters. The number of halogens is 3. The summed E-state index contributed by atoms with van der Waals surface area (Å²) in [5, 5.41) is 16.8. The highest BCUT2D eigenvalue weighted by molar-refractivity contribution is 6.31. The third kappa shape index (κ3) is 2.00. The van der Waals surface area contributed by atoms with Crippen LogP contribution >= 0.6 is 11.6 Å². The molecule has 2 N–H and O–H groups in total. The molecule has 76 valence electrons. The molecule has 1 atom stereocenters. The topological polar surface area (TPSA) is 57.5 Å². The Kier molecular flexibility index (Phi) is 3.03. The highest BCUT2D eigenvalue weighted by Crippen LogP contribution is 2.26. The normalized spacial score (nSPS) is 12.6. The van der Waals surface area contributed by atoms with Crippen molar-refractivity contribution in [1.29, 1.82) is 0 Å². The Balaban J connectivity index is 3.26. The van der Waals surface area contributed by atoms with Gasteiger partial charge in [0.15, 0.2) is 6.10 Å². The first kappa shape index (κ1) is 10.9. The molecule has 6 heteroatoms. The van der Waals surface area contributed by atoms with E-state index in [2.05, 4.69) is 0 Å². The van der Waals surface area contributed by atoms with Crippen molar-refractivity contribution in [2.45, 2.75) is 6.10 Å². The highest BCUT2D eigenvalue weighted by atomic mass is 35.5. The summed E-state index contributed by atoms with van der Waals surface area (Å²) in [5.74, 6) is -3.74. The molecular formula is C8H5ClF2O3. The maximum atomic E-state index is 12.8. The molecule has 0 fully saturated rings. The summed E-state index contributed by atoms with van der Waals surface area (Å²) < 4.78 is 25.4. The van der Waals surface area contributed by atoms with Crippen LogP contribution in [0.1, 0.15) is 11.7 Å². The summed E-state index contributed by atoms with van der Waals surface area (Å²) in [6, 6.07) is 1.17. The standard InChI is InChI=1S/C8H5ClF2O3/c9-6-4(7(12)8(13)14)1-3(10)2-5(6)11/h1-2,7,12H,(H,13,14). The number of aliphatic hydroxyl groups excluding tert-OH is 1. The van der Waals surface area contributed by atoms with Crippen molar-refractivity contribution in [3.8, 4) is 0 Å². The molecule has 0 aromatic heterocycles. The van der Waals surface area contributed by atoms with Crippen LogP contribution in [0.4, 0.5) is 8.78 Å². The van der Waals surface area contributed by atoms with Crippen LogP contribution in [0.25, 0.3) is 0 Å². The monoisotopic (exact) mass is 222 g/mol. The van der Waals surface area contributed by atoms with E-state index in [0.29, 0.717) is 12.1 Å². The van der Waals surface area contributed by atoms with E-state index in [9.17, 15) is 13.6 Å². The van der Waals surface area contributed by atoms with Gasteiger partial charge in [0.2, 0.25) is 0 Å². The first-order valence-electron chi connectivity index (χ1n) is 3.48. The van der Waals surface area contributed by atoms with Crippen LogP contribution in [0.5, 0.6) is 0 Å². The minimum absolute atomic E-state index is 0.500. The van der Waals surface area contributed by atoms with E-state index in [-0.39, 0.29) is 0 Å². The quantitative estimate of drug-likeness (QED) is 0.750. The summed E-state index contributed by atoms with van der Waals surface area (Å²) in [6.45, 7) is 0. The van der Waals surface area contributed by atoms with Gasteiger partial charge in [0.1, 0.15) is 11.6 Å². The number of aliphatic hydroxyl groups is 1. The average Bonchev–Trinajstić information content (AvgIpc) is 2.09. The third-order valence-corrected chi connectivity index (χ3v) is 1.95. The van der Waals surface area contributed by atoms with E-state index in [4.69, 9.17) is 21.8 Å². The lowest BCUT2D eigenvalue weighted by atomic mass is 10.1. The van der Waals surface area contributed by atoms with E-state index in [1.807, 2.05) is 0 Å². The van der Waals surface area contributed by atoms with Crippen molar-refractivity contribution >= 4 is 17.6 Å². The number of hydrogen-bond donors (Lipinski definition) is 2. The van der Waals surface area contributed by atoms with Gasteiger partial charge in [-0.3, -0.25) is 0 Å². The summed E-state index contributed by atoms with van der Waals surface area (Å²) >= 11 is 5.34. The molecule has 0 saturated carbocycles. The molecule has 0 aliphatic heterocycles. The van der Waals surface area contributed by atoms with Crippen molar-refractivity contribution < 1.29 is 23.8 Å². The molecule has 0 bridgehead atoms. The van der Waals surface area contributed by atoms with Gasteiger partial charge in [-0.15, -0.1) is 0 Å². The zero-order valence-corrected chi connectivity index (χ0v) is 7.42. The number of benzene rings is 1. The number of carboxylic acid groups (broad SMARTS) is 1. The zero-order chi connectivity index (χ0) is 10.9. The minimum Gasteiger partial charge on any atom is -0.479 e. The number of hydrogen-bond acceptors (Lipinski definition) is 2. The van der Waals surface area contributed by atoms with Crippen LogP contribution in [0.2, 0.25) is 5.02 Å². The predicted molar refractivity (Wildman–Crippen MR) is 44.0 cm³/mol. The Bertz CT molecular complexity index is 381.